The van der Waals surface area contributed by atoms with E-state index in [9.17, 15) is 0 Å². The van der Waals surface area contributed by atoms with E-state index in [0.717, 1.165) is 39.5 Å². The number of amidine groups is 1. The summed E-state index contributed by atoms with van der Waals surface area (Å²) in [4.78, 5) is 12.7. The molecule has 0 radical (unpaired) electrons. The van der Waals surface area contributed by atoms with Gasteiger partial charge in [-0.15, -0.1) is 0 Å². The van der Waals surface area contributed by atoms with Gasteiger partial charge in [-0.2, -0.15) is 0 Å². The van der Waals surface area contributed by atoms with Gasteiger partial charge < -0.3 is 10.6 Å². The highest BCUT2D eigenvalue weighted by Crippen LogP contribution is 2.55. The number of fused-ring (bicyclic) bond motifs is 3. The van der Waals surface area contributed by atoms with Gasteiger partial charge in [0.25, 0.3) is 0 Å². The third kappa shape index (κ3) is 5.48. The third-order valence-corrected chi connectivity index (χ3v) is 12.0. The minimum absolute atomic E-state index is 0.0254. The molecule has 0 saturated heterocycles. The molecular formula is C49H36N4S. The van der Waals surface area contributed by atoms with Crippen molar-refractivity contribution < 1.29 is 0 Å². The van der Waals surface area contributed by atoms with Gasteiger partial charge in [0.15, 0.2) is 0 Å². The summed E-state index contributed by atoms with van der Waals surface area (Å²) in [6.07, 6.45) is 19.0. The summed E-state index contributed by atoms with van der Waals surface area (Å²) in [5, 5.41) is 7.35. The Hall–Kier alpha value is -6.43. The highest BCUT2D eigenvalue weighted by atomic mass is 32.2. The number of nitrogens with zero attached hydrogens (tertiary/aromatic N) is 2. The Morgan fingerprint density at radius 1 is 0.556 bits per heavy atom. The van der Waals surface area contributed by atoms with Crippen molar-refractivity contribution in [1.82, 2.24) is 15.6 Å². The fourth-order valence-corrected chi connectivity index (χ4v) is 9.45. The number of hydrogen-bond acceptors (Lipinski definition) is 5. The van der Waals surface area contributed by atoms with Crippen LogP contribution in [0.15, 0.2) is 215 Å². The van der Waals surface area contributed by atoms with Crippen LogP contribution in [-0.4, -0.2) is 22.9 Å². The van der Waals surface area contributed by atoms with E-state index in [4.69, 9.17) is 9.98 Å². The standard InChI is InChI=1S/C49H36N4S/c1-2-13-35(14-3-1)48-52-42-19-6-4-17-39(42)47(53-48)38-16-12-15-36(31-38)33-23-25-34(26-24-33)37-27-28-44-41(32-37)49(45-21-8-10-29-50-45,46-22-9-11-30-51-46)40-18-5-7-20-43(40)54-44/h1-32,42,45,50H,(H,52,53). The second-order valence-corrected chi connectivity index (χ2v) is 15.0. The maximum absolute atomic E-state index is 5.19. The molecule has 258 valence electrons. The van der Waals surface area contributed by atoms with Crippen LogP contribution in [0.2, 0.25) is 0 Å². The van der Waals surface area contributed by atoms with E-state index in [2.05, 4.69) is 187 Å². The SMILES string of the molecule is C1=CNC(C2(c3ccccn3)c3ccccc3Sc3ccc(-c4ccc(-c5cccc(C6=C7C=CC=CC7NC(c7ccccc7)=N6)c5)cc4)cc32)C=C1. The number of rotatable bonds is 6. The molecule has 0 fully saturated rings. The number of allylic oxidation sites excluding steroid dienone is 4. The zero-order valence-corrected chi connectivity index (χ0v) is 30.2. The fourth-order valence-electron chi connectivity index (χ4n) is 8.26. The van der Waals surface area contributed by atoms with Gasteiger partial charge in [-0.05, 0) is 82.1 Å². The van der Waals surface area contributed by atoms with Gasteiger partial charge in [0, 0.05) is 32.7 Å². The van der Waals surface area contributed by atoms with Crippen molar-refractivity contribution in [2.24, 2.45) is 4.99 Å². The summed E-state index contributed by atoms with van der Waals surface area (Å²) in [7, 11) is 0. The molecule has 0 bridgehead atoms. The van der Waals surface area contributed by atoms with Crippen LogP contribution in [0.1, 0.15) is 27.9 Å². The van der Waals surface area contributed by atoms with Crippen LogP contribution < -0.4 is 10.6 Å². The second kappa shape index (κ2) is 13.5. The topological polar surface area (TPSA) is 49.3 Å². The van der Waals surface area contributed by atoms with Crippen molar-refractivity contribution in [2.75, 3.05) is 0 Å². The molecule has 0 saturated carbocycles. The van der Waals surface area contributed by atoms with E-state index in [1.54, 1.807) is 0 Å². The first-order chi connectivity index (χ1) is 26.8. The van der Waals surface area contributed by atoms with Crippen LogP contribution in [0.3, 0.4) is 0 Å². The summed E-state index contributed by atoms with van der Waals surface area (Å²) >= 11 is 1.84. The van der Waals surface area contributed by atoms with Gasteiger partial charge >= 0.3 is 0 Å². The number of aliphatic imine (C=N–C) groups is 1. The molecule has 6 aromatic rings. The van der Waals surface area contributed by atoms with Crippen LogP contribution in [0.25, 0.3) is 28.0 Å². The van der Waals surface area contributed by atoms with Gasteiger partial charge in [0.2, 0.25) is 0 Å². The molecule has 0 spiro atoms. The Morgan fingerprint density at radius 3 is 2.09 bits per heavy atom. The number of nitrogens with one attached hydrogen (secondary N) is 2. The Kier molecular flexibility index (Phi) is 8.07. The summed E-state index contributed by atoms with van der Waals surface area (Å²) in [5.74, 6) is 0.889. The average Bonchev–Trinajstić information content (AvgIpc) is 3.26. The average molecular weight is 713 g/mol. The molecule has 54 heavy (non-hydrogen) atoms. The maximum Gasteiger partial charge on any atom is 0.134 e. The highest BCUT2D eigenvalue weighted by Gasteiger charge is 2.49. The first kappa shape index (κ1) is 32.2. The first-order valence-corrected chi connectivity index (χ1v) is 19.2. The Balaban J connectivity index is 1.03. The molecule has 5 aromatic carbocycles. The monoisotopic (exact) mass is 712 g/mol. The van der Waals surface area contributed by atoms with Gasteiger partial charge in [-0.25, -0.2) is 4.99 Å². The Bertz CT molecular complexity index is 2580. The molecule has 4 heterocycles. The molecule has 4 nitrogen and oxygen atoms in total. The number of aromatic nitrogens is 1. The predicted octanol–water partition coefficient (Wildman–Crippen LogP) is 10.5. The van der Waals surface area contributed by atoms with Crippen molar-refractivity contribution in [1.29, 1.82) is 0 Å². The van der Waals surface area contributed by atoms with Gasteiger partial charge in [-0.1, -0.05) is 151 Å². The first-order valence-electron chi connectivity index (χ1n) is 18.4. The number of pyridine rings is 1. The second-order valence-electron chi connectivity index (χ2n) is 13.9. The molecule has 2 N–H and O–H groups in total. The van der Waals surface area contributed by atoms with Crippen molar-refractivity contribution in [3.05, 3.63) is 228 Å². The lowest BCUT2D eigenvalue weighted by molar-refractivity contribution is 0.463. The molecule has 4 aliphatic rings. The molecule has 3 aliphatic heterocycles. The van der Waals surface area contributed by atoms with E-state index in [0.29, 0.717) is 0 Å². The number of benzene rings is 5. The minimum Gasteiger partial charge on any atom is -0.383 e. The van der Waals surface area contributed by atoms with E-state index >= 15 is 0 Å². The zero-order valence-electron chi connectivity index (χ0n) is 29.4. The van der Waals surface area contributed by atoms with Crippen molar-refractivity contribution in [3.8, 4) is 22.3 Å². The molecule has 10 rings (SSSR count). The van der Waals surface area contributed by atoms with Gasteiger partial charge in [0.1, 0.15) is 5.84 Å². The molecule has 1 aromatic heterocycles. The van der Waals surface area contributed by atoms with Crippen molar-refractivity contribution in [2.45, 2.75) is 27.3 Å². The quantitative estimate of drug-likeness (QED) is 0.181. The van der Waals surface area contributed by atoms with Crippen LogP contribution in [0.5, 0.6) is 0 Å². The summed E-state index contributed by atoms with van der Waals surface area (Å²) < 4.78 is 0. The van der Waals surface area contributed by atoms with Crippen molar-refractivity contribution in [3.63, 3.8) is 0 Å². The van der Waals surface area contributed by atoms with Gasteiger partial charge in [-0.3, -0.25) is 4.98 Å². The summed E-state index contributed by atoms with van der Waals surface area (Å²) in [5.41, 5.74) is 12.0. The summed E-state index contributed by atoms with van der Waals surface area (Å²) in [6, 6.07) is 50.2. The lowest BCUT2D eigenvalue weighted by Crippen LogP contribution is -2.50. The summed E-state index contributed by atoms with van der Waals surface area (Å²) in [6.45, 7) is 0. The lowest BCUT2D eigenvalue weighted by Gasteiger charge is -2.45. The molecular weight excluding hydrogens is 677 g/mol. The van der Waals surface area contributed by atoms with Crippen LogP contribution in [-0.2, 0) is 5.41 Å². The number of hydrogen-bond donors (Lipinski definition) is 2. The van der Waals surface area contributed by atoms with Gasteiger partial charge in [0.05, 0.1) is 28.9 Å². The highest BCUT2D eigenvalue weighted by molar-refractivity contribution is 7.99. The fraction of sp³-hybridized carbons (Fsp3) is 0.0612. The number of dihydropyridines is 1. The van der Waals surface area contributed by atoms with E-state index in [1.165, 1.54) is 37.6 Å². The molecule has 3 unspecified atom stereocenters. The zero-order chi connectivity index (χ0) is 35.9. The molecule has 3 atom stereocenters. The third-order valence-electron chi connectivity index (χ3n) is 10.8. The lowest BCUT2D eigenvalue weighted by atomic mass is 9.65. The Labute approximate surface area is 320 Å². The molecule has 0 amide bonds. The van der Waals surface area contributed by atoms with Crippen LogP contribution >= 0.6 is 11.8 Å². The smallest absolute Gasteiger partial charge is 0.134 e. The van der Waals surface area contributed by atoms with Crippen LogP contribution in [0, 0.1) is 0 Å². The Morgan fingerprint density at radius 2 is 1.28 bits per heavy atom. The normalized spacial score (nSPS) is 20.6. The maximum atomic E-state index is 5.19. The van der Waals surface area contributed by atoms with E-state index < -0.39 is 5.41 Å². The van der Waals surface area contributed by atoms with E-state index in [-0.39, 0.29) is 12.1 Å². The minimum atomic E-state index is -0.536. The largest absolute Gasteiger partial charge is 0.383 e. The van der Waals surface area contributed by atoms with Crippen molar-refractivity contribution >= 4 is 23.3 Å². The van der Waals surface area contributed by atoms with Crippen LogP contribution in [0.4, 0.5) is 0 Å². The molecule has 5 heteroatoms. The predicted molar refractivity (Wildman–Crippen MR) is 222 cm³/mol. The van der Waals surface area contributed by atoms with E-state index in [1.807, 2.05) is 30.1 Å². The molecule has 1 aliphatic carbocycles.